The second-order valence-electron chi connectivity index (χ2n) is 6.34. The summed E-state index contributed by atoms with van der Waals surface area (Å²) in [6.45, 7) is 3.13. The van der Waals surface area contributed by atoms with Crippen LogP contribution in [0.4, 0.5) is 0 Å². The first-order chi connectivity index (χ1) is 12.1. The smallest absolute Gasteiger partial charge is 0.255 e. The van der Waals surface area contributed by atoms with Crippen molar-refractivity contribution >= 4 is 17.5 Å². The van der Waals surface area contributed by atoms with Crippen LogP contribution in [0.25, 0.3) is 11.4 Å². The van der Waals surface area contributed by atoms with Crippen LogP contribution >= 0.6 is 11.6 Å². The molecule has 0 atom stereocenters. The Kier molecular flexibility index (Phi) is 4.06. The number of imidazole rings is 1. The Morgan fingerprint density at radius 2 is 2.00 bits per heavy atom. The number of aryl methyl sites for hydroxylation is 1. The fourth-order valence-electron chi connectivity index (χ4n) is 3.17. The fraction of sp³-hybridized carbons (Fsp3) is 0.200. The van der Waals surface area contributed by atoms with Crippen molar-refractivity contribution in [2.45, 2.75) is 19.9 Å². The lowest BCUT2D eigenvalue weighted by Crippen LogP contribution is -2.36. The molecule has 4 rings (SSSR count). The second kappa shape index (κ2) is 6.37. The van der Waals surface area contributed by atoms with Crippen LogP contribution in [0.2, 0.25) is 5.02 Å². The van der Waals surface area contributed by atoms with Crippen LogP contribution in [-0.2, 0) is 13.0 Å². The van der Waals surface area contributed by atoms with E-state index in [1.165, 1.54) is 0 Å². The number of carbonyl (C=O) groups excluding carboxylic acids is 1. The van der Waals surface area contributed by atoms with Crippen LogP contribution in [0.15, 0.2) is 48.5 Å². The van der Waals surface area contributed by atoms with Crippen molar-refractivity contribution in [3.8, 4) is 11.4 Å². The third-order valence-corrected chi connectivity index (χ3v) is 4.85. The Balaban J connectivity index is 1.60. The predicted molar refractivity (Wildman–Crippen MR) is 98.7 cm³/mol. The van der Waals surface area contributed by atoms with Crippen molar-refractivity contribution in [2.24, 2.45) is 0 Å². The maximum absolute atomic E-state index is 12.9. The number of H-pyrrole nitrogens is 1. The third-order valence-electron chi connectivity index (χ3n) is 4.52. The summed E-state index contributed by atoms with van der Waals surface area (Å²) < 4.78 is 0. The minimum Gasteiger partial charge on any atom is -0.340 e. The topological polar surface area (TPSA) is 49.0 Å². The van der Waals surface area contributed by atoms with Crippen LogP contribution in [0.3, 0.4) is 0 Å². The van der Waals surface area contributed by atoms with Gasteiger partial charge in [-0.25, -0.2) is 4.98 Å². The number of halogens is 1. The Morgan fingerprint density at radius 3 is 2.80 bits per heavy atom. The third kappa shape index (κ3) is 3.05. The molecule has 0 saturated carbocycles. The molecule has 5 heteroatoms. The van der Waals surface area contributed by atoms with Gasteiger partial charge in [-0.15, -0.1) is 0 Å². The number of hydrogen-bond donors (Lipinski definition) is 1. The lowest BCUT2D eigenvalue weighted by Gasteiger charge is -2.26. The number of nitrogens with one attached hydrogen (secondary N) is 1. The van der Waals surface area contributed by atoms with Gasteiger partial charge >= 0.3 is 0 Å². The van der Waals surface area contributed by atoms with Crippen LogP contribution in [0, 0.1) is 6.92 Å². The zero-order valence-corrected chi connectivity index (χ0v) is 14.7. The Labute approximate surface area is 151 Å². The number of hydrogen-bond acceptors (Lipinski definition) is 2. The van der Waals surface area contributed by atoms with E-state index in [-0.39, 0.29) is 5.91 Å². The predicted octanol–water partition coefficient (Wildman–Crippen LogP) is 4.24. The Morgan fingerprint density at radius 1 is 1.20 bits per heavy atom. The number of aromatic amines is 1. The summed E-state index contributed by atoms with van der Waals surface area (Å²) in [4.78, 5) is 22.8. The van der Waals surface area contributed by atoms with Gasteiger partial charge in [0.25, 0.3) is 5.91 Å². The molecular formula is C20H18ClN3O. The van der Waals surface area contributed by atoms with E-state index in [0.29, 0.717) is 23.7 Å². The molecule has 0 radical (unpaired) electrons. The molecule has 1 aliphatic heterocycles. The number of benzene rings is 2. The van der Waals surface area contributed by atoms with Gasteiger partial charge < -0.3 is 9.88 Å². The number of amides is 1. The molecule has 0 aliphatic carbocycles. The minimum absolute atomic E-state index is 0.0322. The SMILES string of the molecule is Cc1ccc(Cl)c(C(=O)N2CCc3nc(-c4ccccc4)[nH]c3C2)c1. The molecule has 0 saturated heterocycles. The molecule has 4 nitrogen and oxygen atoms in total. The Hall–Kier alpha value is -2.59. The quantitative estimate of drug-likeness (QED) is 0.750. The summed E-state index contributed by atoms with van der Waals surface area (Å²) in [7, 11) is 0. The lowest BCUT2D eigenvalue weighted by molar-refractivity contribution is 0.0732. The maximum atomic E-state index is 12.9. The highest BCUT2D eigenvalue weighted by molar-refractivity contribution is 6.33. The van der Waals surface area contributed by atoms with Gasteiger partial charge in [0, 0.05) is 18.5 Å². The number of nitrogens with zero attached hydrogens (tertiary/aromatic N) is 2. The van der Waals surface area contributed by atoms with Crippen molar-refractivity contribution in [3.05, 3.63) is 76.1 Å². The summed E-state index contributed by atoms with van der Waals surface area (Å²) in [5.41, 5.74) is 4.68. The van der Waals surface area contributed by atoms with Crippen molar-refractivity contribution in [1.82, 2.24) is 14.9 Å². The van der Waals surface area contributed by atoms with E-state index in [2.05, 4.69) is 4.98 Å². The van der Waals surface area contributed by atoms with E-state index >= 15 is 0 Å². The number of rotatable bonds is 2. The Bertz CT molecular complexity index is 933. The monoisotopic (exact) mass is 351 g/mol. The molecule has 0 spiro atoms. The van der Waals surface area contributed by atoms with E-state index in [4.69, 9.17) is 16.6 Å². The summed E-state index contributed by atoms with van der Waals surface area (Å²) in [5.74, 6) is 0.823. The van der Waals surface area contributed by atoms with Crippen LogP contribution < -0.4 is 0 Å². The molecule has 1 aliphatic rings. The zero-order valence-electron chi connectivity index (χ0n) is 13.9. The number of fused-ring (bicyclic) bond motifs is 1. The molecule has 1 amide bonds. The van der Waals surface area contributed by atoms with Crippen molar-refractivity contribution < 1.29 is 4.79 Å². The molecule has 126 valence electrons. The van der Waals surface area contributed by atoms with E-state index in [1.807, 2.05) is 54.3 Å². The number of aromatic nitrogens is 2. The molecule has 0 unspecified atom stereocenters. The van der Waals surface area contributed by atoms with Crippen molar-refractivity contribution in [2.75, 3.05) is 6.54 Å². The highest BCUT2D eigenvalue weighted by Gasteiger charge is 2.26. The van der Waals surface area contributed by atoms with Gasteiger partial charge in [-0.05, 0) is 19.1 Å². The average molecular weight is 352 g/mol. The van der Waals surface area contributed by atoms with E-state index in [1.54, 1.807) is 6.07 Å². The van der Waals surface area contributed by atoms with Gasteiger partial charge in [0.2, 0.25) is 0 Å². The fourth-order valence-corrected chi connectivity index (χ4v) is 3.37. The largest absolute Gasteiger partial charge is 0.340 e. The van der Waals surface area contributed by atoms with Crippen LogP contribution in [0.5, 0.6) is 0 Å². The summed E-state index contributed by atoms with van der Waals surface area (Å²) in [6.07, 6.45) is 0.744. The van der Waals surface area contributed by atoms with Gasteiger partial charge in [-0.2, -0.15) is 0 Å². The first-order valence-electron chi connectivity index (χ1n) is 8.30. The molecule has 25 heavy (non-hydrogen) atoms. The van der Waals surface area contributed by atoms with Gasteiger partial charge in [0.15, 0.2) is 0 Å². The van der Waals surface area contributed by atoms with E-state index in [0.717, 1.165) is 34.8 Å². The average Bonchev–Trinajstić information content (AvgIpc) is 3.07. The summed E-state index contributed by atoms with van der Waals surface area (Å²) in [6, 6.07) is 15.6. The number of carbonyl (C=O) groups is 1. The maximum Gasteiger partial charge on any atom is 0.255 e. The van der Waals surface area contributed by atoms with E-state index in [9.17, 15) is 4.79 Å². The van der Waals surface area contributed by atoms with Gasteiger partial charge in [-0.3, -0.25) is 4.79 Å². The van der Waals surface area contributed by atoms with Crippen molar-refractivity contribution in [1.29, 1.82) is 0 Å². The molecular weight excluding hydrogens is 334 g/mol. The minimum atomic E-state index is -0.0322. The lowest BCUT2D eigenvalue weighted by atomic mass is 10.1. The molecule has 3 aromatic rings. The highest BCUT2D eigenvalue weighted by atomic mass is 35.5. The molecule has 2 heterocycles. The van der Waals surface area contributed by atoms with E-state index < -0.39 is 0 Å². The van der Waals surface area contributed by atoms with Gasteiger partial charge in [0.1, 0.15) is 5.82 Å². The molecule has 1 N–H and O–H groups in total. The highest BCUT2D eigenvalue weighted by Crippen LogP contribution is 2.25. The van der Waals surface area contributed by atoms with Crippen LogP contribution in [0.1, 0.15) is 27.3 Å². The molecule has 0 fully saturated rings. The standard InChI is InChI=1S/C20H18ClN3O/c1-13-7-8-16(21)15(11-13)20(25)24-10-9-17-18(12-24)23-19(22-17)14-5-3-2-4-6-14/h2-8,11H,9-10,12H2,1H3,(H,22,23). The van der Waals surface area contributed by atoms with Gasteiger partial charge in [-0.1, -0.05) is 53.6 Å². The normalized spacial score (nSPS) is 13.6. The summed E-state index contributed by atoms with van der Waals surface area (Å²) in [5, 5.41) is 0.496. The second-order valence-corrected chi connectivity index (χ2v) is 6.74. The summed E-state index contributed by atoms with van der Waals surface area (Å²) >= 11 is 6.23. The molecule has 1 aromatic heterocycles. The first-order valence-corrected chi connectivity index (χ1v) is 8.68. The van der Waals surface area contributed by atoms with Crippen molar-refractivity contribution in [3.63, 3.8) is 0 Å². The zero-order chi connectivity index (χ0) is 17.4. The molecule has 0 bridgehead atoms. The first kappa shape index (κ1) is 15.9. The van der Waals surface area contributed by atoms with Crippen LogP contribution in [-0.4, -0.2) is 27.3 Å². The van der Waals surface area contributed by atoms with Gasteiger partial charge in [0.05, 0.1) is 28.5 Å². The molecule has 2 aromatic carbocycles.